The lowest BCUT2D eigenvalue weighted by Crippen LogP contribution is -2.23. The largest absolute Gasteiger partial charge is 0.419 e. The van der Waals surface area contributed by atoms with Gasteiger partial charge in [-0.3, -0.25) is 4.31 Å². The Morgan fingerprint density at radius 1 is 0.700 bits per heavy atom. The zero-order chi connectivity index (χ0) is 28.1. The molecule has 2 nitrogen and oxygen atoms in total. The molecule has 1 aliphatic heterocycles. The Morgan fingerprint density at radius 2 is 1.30 bits per heavy atom. The molecule has 5 aromatic rings. The summed E-state index contributed by atoms with van der Waals surface area (Å²) >= 11 is 0. The normalized spacial score (nSPS) is 17.6. The highest BCUT2D eigenvalue weighted by Crippen LogP contribution is 2.74. The van der Waals surface area contributed by atoms with E-state index in [2.05, 4.69) is 172 Å². The van der Waals surface area contributed by atoms with Gasteiger partial charge in [-0.1, -0.05) is 84.9 Å². The minimum atomic E-state index is -2.12. The van der Waals surface area contributed by atoms with E-state index in [1.165, 1.54) is 27.8 Å². The van der Waals surface area contributed by atoms with Crippen molar-refractivity contribution in [3.8, 4) is 16.9 Å². The Labute approximate surface area is 240 Å². The van der Waals surface area contributed by atoms with Gasteiger partial charge < -0.3 is 4.18 Å². The molecule has 1 atom stereocenters. The van der Waals surface area contributed by atoms with Gasteiger partial charge in [-0.25, -0.2) is 0 Å². The van der Waals surface area contributed by atoms with Crippen molar-refractivity contribution in [2.45, 2.75) is 30.6 Å². The summed E-state index contributed by atoms with van der Waals surface area (Å²) < 4.78 is 9.58. The minimum absolute atomic E-state index is 0.907. The number of anilines is 2. The lowest BCUT2D eigenvalue weighted by molar-refractivity contribution is 0.633. The molecule has 0 N–H and O–H groups in total. The second kappa shape index (κ2) is 11.7. The number of para-hydroxylation sites is 2. The van der Waals surface area contributed by atoms with Crippen molar-refractivity contribution < 1.29 is 4.18 Å². The van der Waals surface area contributed by atoms with Crippen LogP contribution in [0.2, 0.25) is 0 Å². The van der Waals surface area contributed by atoms with E-state index in [9.17, 15) is 0 Å². The van der Waals surface area contributed by atoms with Gasteiger partial charge in [0.2, 0.25) is 0 Å². The number of rotatable bonds is 5. The fraction of sp³-hybridized carbons (Fsp3) is 0.0811. The van der Waals surface area contributed by atoms with Gasteiger partial charge in [-0.05, 0) is 97.1 Å². The molecule has 6 rings (SSSR count). The Morgan fingerprint density at radius 3 is 1.95 bits per heavy atom. The molecule has 0 aromatic heterocycles. The molecule has 40 heavy (non-hydrogen) atoms. The van der Waals surface area contributed by atoms with Gasteiger partial charge in [0.25, 0.3) is 0 Å². The highest BCUT2D eigenvalue weighted by molar-refractivity contribution is 8.31. The lowest BCUT2D eigenvalue weighted by Gasteiger charge is -2.43. The third-order valence-electron chi connectivity index (χ3n) is 7.13. The molecule has 1 aliphatic rings. The zero-order valence-corrected chi connectivity index (χ0v) is 24.2. The van der Waals surface area contributed by atoms with Crippen LogP contribution >= 0.6 is 10.5 Å². The third kappa shape index (κ3) is 4.85. The maximum atomic E-state index is 7.14. The average Bonchev–Trinajstić information content (AvgIpc) is 3.38. The summed E-state index contributed by atoms with van der Waals surface area (Å²) in [7, 11) is -2.12. The maximum absolute atomic E-state index is 7.14. The molecule has 0 fully saturated rings. The molecule has 0 saturated carbocycles. The fourth-order valence-electron chi connectivity index (χ4n) is 5.02. The van der Waals surface area contributed by atoms with Gasteiger partial charge in [0, 0.05) is 20.3 Å². The fourth-order valence-corrected chi connectivity index (χ4v) is 8.23. The van der Waals surface area contributed by atoms with Crippen LogP contribution in [0.4, 0.5) is 11.4 Å². The summed E-state index contributed by atoms with van der Waals surface area (Å²) in [6.45, 7) is 12.4. The quantitative estimate of drug-likeness (QED) is 0.205. The van der Waals surface area contributed by atoms with E-state index in [0.29, 0.717) is 0 Å². The van der Waals surface area contributed by atoms with Crippen LogP contribution in [0.1, 0.15) is 25.0 Å². The highest BCUT2D eigenvalue weighted by atomic mass is 32.3. The predicted molar refractivity (Wildman–Crippen MR) is 173 cm³/mol. The first kappa shape index (κ1) is 27.1. The van der Waals surface area contributed by atoms with Crippen molar-refractivity contribution in [1.82, 2.24) is 0 Å². The Bertz CT molecular complexity index is 1620. The smallest absolute Gasteiger partial charge is 0.162 e. The summed E-state index contributed by atoms with van der Waals surface area (Å²) in [6, 6.07) is 45.5. The second-order valence-corrected chi connectivity index (χ2v) is 12.1. The summed E-state index contributed by atoms with van der Waals surface area (Å²) in [5.74, 6) is 0.907. The maximum Gasteiger partial charge on any atom is 0.162 e. The molecule has 0 aliphatic carbocycles. The predicted octanol–water partition coefficient (Wildman–Crippen LogP) is 11.2. The molecule has 0 saturated heterocycles. The molecule has 1 heterocycles. The monoisotopic (exact) mass is 541 g/mol. The SMILES string of the molecule is C/C=C(\C)c1ccc(S2(c3ccc(-c4ccccc4)cc3)Oc3ccccc3N2c2cccc(C)c2)cc1.C=C. The van der Waals surface area contributed by atoms with Crippen molar-refractivity contribution in [2.75, 3.05) is 4.31 Å². The van der Waals surface area contributed by atoms with Crippen LogP contribution in [0, 0.1) is 6.92 Å². The van der Waals surface area contributed by atoms with E-state index in [-0.39, 0.29) is 0 Å². The first-order valence-electron chi connectivity index (χ1n) is 13.5. The molecule has 0 radical (unpaired) electrons. The molecule has 1 unspecified atom stereocenters. The number of aryl methyl sites for hydroxylation is 1. The van der Waals surface area contributed by atoms with Gasteiger partial charge >= 0.3 is 0 Å². The van der Waals surface area contributed by atoms with Crippen LogP contribution in [0.5, 0.6) is 5.75 Å². The van der Waals surface area contributed by atoms with Gasteiger partial charge in [0.05, 0.1) is 11.4 Å². The number of hydrogen-bond donors (Lipinski definition) is 0. The minimum Gasteiger partial charge on any atom is -0.419 e. The van der Waals surface area contributed by atoms with Crippen LogP contribution in [0.15, 0.2) is 156 Å². The highest BCUT2D eigenvalue weighted by Gasteiger charge is 2.45. The molecule has 5 aromatic carbocycles. The standard InChI is InChI=1S/C35H31NOS.C2H4/c1-4-27(3)28-17-21-32(22-18-28)38(33-23-19-30(20-24-33)29-12-6-5-7-13-29)36(31-14-10-11-26(2)25-31)34-15-8-9-16-35(34)37-38;1-2/h4-25H,1-3H3;1-2H2/b27-4+;. The summed E-state index contributed by atoms with van der Waals surface area (Å²) in [5.41, 5.74) is 8.33. The average molecular weight is 542 g/mol. The second-order valence-electron chi connectivity index (χ2n) is 9.60. The number of benzene rings is 5. The topological polar surface area (TPSA) is 12.5 Å². The van der Waals surface area contributed by atoms with Gasteiger partial charge in [0.1, 0.15) is 0 Å². The molecule has 3 heteroatoms. The first-order chi connectivity index (χ1) is 19.6. The van der Waals surface area contributed by atoms with Crippen LogP contribution in [-0.4, -0.2) is 0 Å². The Hall–Kier alpha value is -4.47. The third-order valence-corrected chi connectivity index (χ3v) is 10.3. The summed E-state index contributed by atoms with van der Waals surface area (Å²) in [5, 5.41) is 0. The van der Waals surface area contributed by atoms with E-state index in [4.69, 9.17) is 4.18 Å². The van der Waals surface area contributed by atoms with Crippen LogP contribution in [0.25, 0.3) is 16.7 Å². The van der Waals surface area contributed by atoms with E-state index in [1.807, 2.05) is 0 Å². The van der Waals surface area contributed by atoms with E-state index >= 15 is 0 Å². The van der Waals surface area contributed by atoms with E-state index in [0.717, 1.165) is 26.9 Å². The summed E-state index contributed by atoms with van der Waals surface area (Å²) in [4.78, 5) is 2.32. The Balaban J connectivity index is 0.00000158. The van der Waals surface area contributed by atoms with Crippen LogP contribution < -0.4 is 8.49 Å². The molecular weight excluding hydrogens is 506 g/mol. The van der Waals surface area contributed by atoms with E-state index < -0.39 is 10.5 Å². The molecule has 0 amide bonds. The number of fused-ring (bicyclic) bond motifs is 1. The summed E-state index contributed by atoms with van der Waals surface area (Å²) in [6.07, 6.45) is 2.15. The number of hydrogen-bond acceptors (Lipinski definition) is 2. The van der Waals surface area contributed by atoms with Crippen molar-refractivity contribution in [3.63, 3.8) is 0 Å². The zero-order valence-electron chi connectivity index (χ0n) is 23.4. The molecule has 200 valence electrons. The van der Waals surface area contributed by atoms with Gasteiger partial charge in [0.15, 0.2) is 5.75 Å². The number of nitrogens with zero attached hydrogens (tertiary/aromatic N) is 1. The lowest BCUT2D eigenvalue weighted by atomic mass is 10.1. The first-order valence-corrected chi connectivity index (χ1v) is 15.0. The molecular formula is C37H35NOS. The van der Waals surface area contributed by atoms with Crippen molar-refractivity contribution in [1.29, 1.82) is 0 Å². The number of allylic oxidation sites excluding steroid dienone is 2. The molecule has 0 bridgehead atoms. The van der Waals surface area contributed by atoms with Crippen LogP contribution in [-0.2, 0) is 0 Å². The van der Waals surface area contributed by atoms with Gasteiger partial charge in [-0.2, -0.15) is 0 Å². The molecule has 0 spiro atoms. The Kier molecular flexibility index (Phi) is 7.95. The van der Waals surface area contributed by atoms with Crippen molar-refractivity contribution in [3.05, 3.63) is 158 Å². The van der Waals surface area contributed by atoms with Crippen LogP contribution in [0.3, 0.4) is 0 Å². The van der Waals surface area contributed by atoms with Crippen molar-refractivity contribution >= 4 is 27.4 Å². The van der Waals surface area contributed by atoms with Crippen molar-refractivity contribution in [2.24, 2.45) is 0 Å². The van der Waals surface area contributed by atoms with E-state index in [1.54, 1.807) is 0 Å². The van der Waals surface area contributed by atoms with Gasteiger partial charge in [-0.15, -0.1) is 13.2 Å².